The summed E-state index contributed by atoms with van der Waals surface area (Å²) in [4.78, 5) is 66.6. The number of anilines is 6. The number of aromatic nitrogens is 18. The Morgan fingerprint density at radius 3 is 1.06 bits per heavy atom. The number of pyridine rings is 6. The highest BCUT2D eigenvalue weighted by atomic mass is 32.1. The van der Waals surface area contributed by atoms with Gasteiger partial charge in [0.25, 0.3) is 17.7 Å². The molecular formula is C84H91F6N27O6S3. The molecule has 0 aliphatic heterocycles. The number of allylic oxidation sites excluding steroid dienone is 1. The summed E-state index contributed by atoms with van der Waals surface area (Å²) in [6.07, 6.45) is 18.1. The van der Waals surface area contributed by atoms with Crippen molar-refractivity contribution in [2.75, 3.05) is 37.3 Å². The second-order valence-corrected chi connectivity index (χ2v) is 30.1. The van der Waals surface area contributed by atoms with Crippen LogP contribution in [0.15, 0.2) is 135 Å². The molecule has 12 aromatic heterocycles. The number of hydrogen-bond acceptors (Lipinski definition) is 24. The van der Waals surface area contributed by atoms with Crippen LogP contribution in [0.5, 0.6) is 0 Å². The normalized spacial score (nSPS) is 18.3. The topological polar surface area (TPSA) is 439 Å². The summed E-state index contributed by atoms with van der Waals surface area (Å²) in [7, 11) is 4.50. The fraction of sp³-hybridized carbons (Fsp3) is 0.333. The number of carbonyl (C=O) groups excluding carboxylic acids is 3. The van der Waals surface area contributed by atoms with E-state index in [1.54, 1.807) is 79.3 Å². The van der Waals surface area contributed by atoms with E-state index in [1.807, 2.05) is 47.6 Å². The number of halogens is 6. The van der Waals surface area contributed by atoms with E-state index in [2.05, 4.69) is 120 Å². The van der Waals surface area contributed by atoms with E-state index in [-0.39, 0.29) is 129 Å². The lowest BCUT2D eigenvalue weighted by molar-refractivity contribution is -0.149. The summed E-state index contributed by atoms with van der Waals surface area (Å²) >= 11 is 0. The van der Waals surface area contributed by atoms with Crippen LogP contribution in [0.3, 0.4) is 0 Å². The summed E-state index contributed by atoms with van der Waals surface area (Å²) in [5.41, 5.74) is 3.81. The molecule has 0 saturated heterocycles. The van der Waals surface area contributed by atoms with Crippen LogP contribution < -0.4 is 31.9 Å². The summed E-state index contributed by atoms with van der Waals surface area (Å²) in [5.74, 6) is -2.03. The second-order valence-electron chi connectivity index (χ2n) is 30.1. The maximum Gasteiger partial charge on any atom is 0.253 e. The Hall–Kier alpha value is -13.3. The zero-order valence-electron chi connectivity index (χ0n) is 69.6. The van der Waals surface area contributed by atoms with Gasteiger partial charge in [-0.05, 0) is 164 Å². The number of aromatic amines is 3. The van der Waals surface area contributed by atoms with Crippen molar-refractivity contribution in [2.24, 2.45) is 0 Å². The molecule has 3 amide bonds. The highest BCUT2D eigenvalue weighted by molar-refractivity contribution is 7.59. The van der Waals surface area contributed by atoms with Crippen molar-refractivity contribution in [1.82, 2.24) is 106 Å². The van der Waals surface area contributed by atoms with Crippen molar-refractivity contribution in [3.63, 3.8) is 0 Å². The van der Waals surface area contributed by atoms with E-state index in [0.29, 0.717) is 122 Å². The average Bonchev–Trinajstić information content (AvgIpc) is 1.09. The highest BCUT2D eigenvalue weighted by Gasteiger charge is 2.46. The lowest BCUT2D eigenvalue weighted by Crippen LogP contribution is -2.50. The molecule has 12 aromatic rings. The minimum atomic E-state index is -1.14. The molecule has 126 heavy (non-hydrogen) atoms. The van der Waals surface area contributed by atoms with Gasteiger partial charge in [0.05, 0.1) is 89.1 Å². The third-order valence-electron chi connectivity index (χ3n) is 22.0. The molecule has 0 spiro atoms. The first-order valence-electron chi connectivity index (χ1n) is 39.1. The maximum atomic E-state index is 14.7. The molecule has 12 heterocycles. The van der Waals surface area contributed by atoms with E-state index in [4.69, 9.17) is 14.2 Å². The number of nitrogens with zero attached hydrogens (tertiary/aromatic N) is 18. The van der Waals surface area contributed by atoms with Crippen molar-refractivity contribution in [1.29, 1.82) is 15.8 Å². The molecule has 3 aliphatic rings. The molecule has 33 nitrogen and oxygen atoms in total. The SMILES string of the molecule is COC1(C(=O)N[C@@H](C)c2ccc(-n3cc(F)cn3)nc2)CC=C(c2nc(Nc3cc(C)[nH]n3)c(F)cc2C#N)CC1.COC1(C(=O)N[C@@H](C)c2ccc(-n3cc(F)cn3)nc2)CCC(c2nc(Nc3cc(C)[nH]n3)c(F)cc2C#N)CC1.COC1(C(=O)N[C@@H](C)c2ccc(-n3cc(F)cn3)nc2)CCC(c2nc(Nc3cc(C)[nH]n3)c(F)cc2C#N)CC1.S.S.S. The molecule has 2 fully saturated rings. The molecule has 2 saturated carbocycles. The third-order valence-corrected chi connectivity index (χ3v) is 22.0. The van der Waals surface area contributed by atoms with Gasteiger partial charge in [-0.3, -0.25) is 29.7 Å². The van der Waals surface area contributed by atoms with Crippen molar-refractivity contribution in [3.05, 3.63) is 237 Å². The molecule has 0 bridgehead atoms. The molecule has 658 valence electrons. The number of carbonyl (C=O) groups is 3. The standard InChI is InChI=1S/2C28H29F2N9O2.C28H27F2N9O2.3H2S/c3*1-16-10-23(38-37-16)35-26-22(30)11-20(12-31)25(36-26)18-6-8-28(41-3,9-7-18)27(40)34-17(2)19-4-5-24(32-13-19)39-15-21(29)14-33-39;;;/h2*4-5,10-11,13-15,17-18H,6-9H2,1-3H3,(H,34,40)(H2,35,36,37,38);4-6,10-11,13-15,17H,7-9H2,1-3H3,(H,34,40)(H2,35,36,37,38);3*1H2/t2*17-,18?,28?;17-,28?;;;/m000.../s1. The predicted molar refractivity (Wildman–Crippen MR) is 465 cm³/mol. The molecule has 9 N–H and O–H groups in total. The quantitative estimate of drug-likeness (QED) is 0.0254. The summed E-state index contributed by atoms with van der Waals surface area (Å²) in [6.45, 7) is 11.0. The molecule has 15 rings (SSSR count). The summed E-state index contributed by atoms with van der Waals surface area (Å²) in [6, 6.07) is 24.1. The van der Waals surface area contributed by atoms with E-state index in [1.165, 1.54) is 66.1 Å². The molecule has 1 unspecified atom stereocenters. The van der Waals surface area contributed by atoms with Crippen LogP contribution >= 0.6 is 40.5 Å². The number of methoxy groups -OCH3 is 3. The number of aryl methyl sites for hydroxylation is 3. The lowest BCUT2D eigenvalue weighted by Gasteiger charge is -2.38. The minimum absolute atomic E-state index is 0. The van der Waals surface area contributed by atoms with Crippen molar-refractivity contribution in [2.45, 2.75) is 159 Å². The van der Waals surface area contributed by atoms with E-state index < -0.39 is 51.7 Å². The van der Waals surface area contributed by atoms with Crippen molar-refractivity contribution >= 4 is 98.7 Å². The first kappa shape index (κ1) is 94.9. The van der Waals surface area contributed by atoms with Gasteiger partial charge in [-0.1, -0.05) is 24.3 Å². The van der Waals surface area contributed by atoms with Gasteiger partial charge in [0, 0.05) is 93.5 Å². The Balaban J connectivity index is 0.000000195. The van der Waals surface area contributed by atoms with Crippen molar-refractivity contribution < 1.29 is 54.9 Å². The highest BCUT2D eigenvalue weighted by Crippen LogP contribution is 2.44. The first-order valence-corrected chi connectivity index (χ1v) is 39.1. The monoisotopic (exact) mass is 1780 g/mol. The van der Waals surface area contributed by atoms with Crippen LogP contribution in [-0.2, 0) is 28.6 Å². The molecule has 3 aliphatic carbocycles. The number of amides is 3. The van der Waals surface area contributed by atoms with Crippen molar-refractivity contribution in [3.8, 4) is 35.7 Å². The number of ether oxygens (including phenoxy) is 3. The fourth-order valence-electron chi connectivity index (χ4n) is 14.9. The lowest BCUT2D eigenvalue weighted by atomic mass is 9.76. The van der Waals surface area contributed by atoms with Gasteiger partial charge in [-0.25, -0.2) is 70.3 Å². The van der Waals surface area contributed by atoms with Crippen LogP contribution in [-0.4, -0.2) is 146 Å². The largest absolute Gasteiger partial charge is 0.368 e. The van der Waals surface area contributed by atoms with Gasteiger partial charge in [-0.15, -0.1) is 0 Å². The van der Waals surface area contributed by atoms with E-state index in [0.717, 1.165) is 58.4 Å². The fourth-order valence-corrected chi connectivity index (χ4v) is 14.9. The minimum Gasteiger partial charge on any atom is -0.368 e. The van der Waals surface area contributed by atoms with Gasteiger partial charge in [0.15, 0.2) is 87.3 Å². The maximum absolute atomic E-state index is 14.7. The Morgan fingerprint density at radius 1 is 0.460 bits per heavy atom. The van der Waals surface area contributed by atoms with Crippen LogP contribution in [0.2, 0.25) is 0 Å². The van der Waals surface area contributed by atoms with Gasteiger partial charge in [-0.2, -0.15) is 86.9 Å². The Labute approximate surface area is 740 Å². The van der Waals surface area contributed by atoms with Crippen LogP contribution in [0.25, 0.3) is 23.0 Å². The number of nitriles is 3. The number of rotatable bonds is 24. The van der Waals surface area contributed by atoms with Gasteiger partial charge in [0.2, 0.25) is 0 Å². The van der Waals surface area contributed by atoms with Crippen LogP contribution in [0.1, 0.15) is 189 Å². The summed E-state index contributed by atoms with van der Waals surface area (Å²) in [5, 5.41) is 78.8. The van der Waals surface area contributed by atoms with Crippen LogP contribution in [0.4, 0.5) is 61.2 Å². The zero-order chi connectivity index (χ0) is 87.4. The van der Waals surface area contributed by atoms with E-state index >= 15 is 0 Å². The second kappa shape index (κ2) is 41.5. The molecule has 0 radical (unpaired) electrons. The van der Waals surface area contributed by atoms with Crippen LogP contribution in [0, 0.1) is 89.7 Å². The third kappa shape index (κ3) is 21.7. The van der Waals surface area contributed by atoms with E-state index in [9.17, 15) is 56.5 Å². The Bertz CT molecular complexity index is 5750. The number of hydrogen-bond donors (Lipinski definition) is 9. The summed E-state index contributed by atoms with van der Waals surface area (Å²) < 4.78 is 105. The molecular weight excluding hydrogens is 1690 g/mol. The van der Waals surface area contributed by atoms with Gasteiger partial charge < -0.3 is 46.1 Å². The van der Waals surface area contributed by atoms with Gasteiger partial charge >= 0.3 is 0 Å². The van der Waals surface area contributed by atoms with Gasteiger partial charge in [0.1, 0.15) is 35.0 Å². The molecule has 0 aromatic carbocycles. The number of H-pyrrole nitrogens is 3. The zero-order valence-corrected chi connectivity index (χ0v) is 72.6. The predicted octanol–water partition coefficient (Wildman–Crippen LogP) is 13.8. The molecule has 42 heteroatoms. The average molecular weight is 1790 g/mol. The smallest absolute Gasteiger partial charge is 0.253 e. The Morgan fingerprint density at radius 2 is 0.786 bits per heavy atom. The molecule has 4 atom stereocenters. The number of nitrogens with one attached hydrogen (secondary N) is 9. The first-order chi connectivity index (χ1) is 59.1. The Kier molecular flexibility index (Phi) is 31.2.